The van der Waals surface area contributed by atoms with Crippen molar-refractivity contribution in [1.82, 2.24) is 38.2 Å². The minimum atomic E-state index is 0. The van der Waals surface area contributed by atoms with E-state index in [2.05, 4.69) is 348 Å². The molecule has 8 nitrogen and oxygen atoms in total. The Kier molecular flexibility index (Phi) is 34.3. The van der Waals surface area contributed by atoms with Gasteiger partial charge < -0.3 is 18.3 Å². The molecule has 20 aromatic rings. The Morgan fingerprint density at radius 1 is 0.242 bits per heavy atom. The van der Waals surface area contributed by atoms with Crippen LogP contribution in [0, 0.1) is 71.6 Å². The molecule has 0 aliphatic heterocycles. The van der Waals surface area contributed by atoms with Crippen molar-refractivity contribution in [1.29, 1.82) is 0 Å². The number of rotatable bonds is 24. The molecule has 20 rings (SSSR count). The molecule has 0 N–H and O–H groups in total. The second-order valence-corrected chi connectivity index (χ2v) is 42.0. The molecule has 684 valence electrons. The summed E-state index contributed by atoms with van der Waals surface area (Å²) >= 11 is 7.69. The fourth-order valence-corrected chi connectivity index (χ4v) is 23.8. The van der Waals surface area contributed by atoms with E-state index in [0.717, 1.165) is 96.9 Å². The Balaban J connectivity index is 0.000000148. The molecule has 0 atom stereocenters. The second kappa shape index (κ2) is 45.1. The Bertz CT molecular complexity index is 7200. The van der Waals surface area contributed by atoms with Crippen molar-refractivity contribution in [2.45, 2.75) is 162 Å². The Hall–Kier alpha value is -9.04. The van der Waals surface area contributed by atoms with Gasteiger partial charge >= 0.3 is 0 Å². The van der Waals surface area contributed by atoms with E-state index in [1.54, 1.807) is 0 Å². The first-order chi connectivity index (χ1) is 62.1. The van der Waals surface area contributed by atoms with Gasteiger partial charge in [-0.05, 0) is 180 Å². The molecular weight excluding hydrogens is 2400 g/mol. The first-order valence-corrected chi connectivity index (χ1v) is 49.2. The summed E-state index contributed by atoms with van der Waals surface area (Å²) in [4.78, 5) is 19.0. The molecule has 0 aliphatic rings. The summed E-state index contributed by atoms with van der Waals surface area (Å²) < 4.78 is 20.2. The van der Waals surface area contributed by atoms with E-state index in [-0.39, 0.29) is 80.4 Å². The van der Waals surface area contributed by atoms with Crippen LogP contribution in [0.3, 0.4) is 0 Å². The third-order valence-electron chi connectivity index (χ3n) is 23.5. The summed E-state index contributed by atoms with van der Waals surface area (Å²) in [5, 5.41) is 11.0. The van der Waals surface area contributed by atoms with Crippen LogP contribution in [0.5, 0.6) is 0 Å². The van der Waals surface area contributed by atoms with Gasteiger partial charge in [0.1, 0.15) is 0 Å². The molecule has 8 heterocycles. The standard InChI is InChI=1S/4C29H29N2S.4Ir/c1-19(2)16-22-18-23(17-20(3)4)28-26(24-12-8-9-13-25(24)32-28)27(22)31-15-14-30-29(31)21-10-6-5-7-11-21;1-19(2)16-22-18-23(17-20(3)4)27(28-26(22)24-12-8-9-13-25(24)32-28)31-15-14-30-29(31)21-10-6-5-7-11-21;1-19(2)16-22-18-24-23-12-8-9-13-26(23)32-28(24)25(17-20(3)4)27(22)31-15-14-30-29(31)21-10-6-5-7-11-21;1-19(2)16-22-18-26-27(23-12-8-9-13-25(23)32-26)24(17-20(3)4)28(22)31-15-14-30-29(31)21-10-6-5-7-11-21;;;;/h4*5-10,12-15,18-20H,16-17H2,1-4H3;;;;/q4*-1;;;;. The molecule has 0 bridgehead atoms. The van der Waals surface area contributed by atoms with Crippen molar-refractivity contribution < 1.29 is 80.4 Å². The molecule has 0 fully saturated rings. The van der Waals surface area contributed by atoms with Gasteiger partial charge in [0.25, 0.3) is 0 Å². The second-order valence-electron chi connectivity index (χ2n) is 37.7. The first-order valence-electron chi connectivity index (χ1n) is 46.0. The molecule has 8 aromatic heterocycles. The molecular formula is C116H116Ir4N8S4-4. The van der Waals surface area contributed by atoms with Gasteiger partial charge in [-0.15, -0.1) is 189 Å². The number of imidazole rings is 4. The van der Waals surface area contributed by atoms with Gasteiger partial charge in [0.05, 0.1) is 39.4 Å². The number of hydrogen-bond donors (Lipinski definition) is 0. The maximum atomic E-state index is 4.77. The maximum absolute atomic E-state index is 4.77. The minimum Gasteiger partial charge on any atom is -0.340 e. The van der Waals surface area contributed by atoms with Gasteiger partial charge in [-0.1, -0.05) is 196 Å². The molecule has 132 heavy (non-hydrogen) atoms. The third-order valence-corrected chi connectivity index (χ3v) is 28.3. The predicted octanol–water partition coefficient (Wildman–Crippen LogP) is 32.4. The molecule has 16 heteroatoms. The van der Waals surface area contributed by atoms with E-state index in [1.165, 1.54) is 148 Å². The normalized spacial score (nSPS) is 11.6. The first kappa shape index (κ1) is 100. The van der Waals surface area contributed by atoms with Gasteiger partial charge in [-0.3, -0.25) is 19.9 Å². The van der Waals surface area contributed by atoms with Crippen LogP contribution < -0.4 is 0 Å². The molecule has 0 saturated heterocycles. The fraction of sp³-hybridized carbons (Fsp3) is 0.276. The number of thiophene rings is 4. The number of benzene rings is 12. The molecule has 0 unspecified atom stereocenters. The van der Waals surface area contributed by atoms with Gasteiger partial charge in [-0.2, -0.15) is 0 Å². The van der Waals surface area contributed by atoms with Crippen molar-refractivity contribution in [3.63, 3.8) is 0 Å². The van der Waals surface area contributed by atoms with Crippen molar-refractivity contribution in [2.75, 3.05) is 0 Å². The average Bonchev–Trinajstić information content (AvgIpc) is 1.57. The quantitative estimate of drug-likeness (QED) is 0.0565. The summed E-state index contributed by atoms with van der Waals surface area (Å²) in [7, 11) is 0. The van der Waals surface area contributed by atoms with E-state index in [1.807, 2.05) is 119 Å². The van der Waals surface area contributed by atoms with E-state index in [4.69, 9.17) is 19.9 Å². The zero-order valence-electron chi connectivity index (χ0n) is 78.2. The van der Waals surface area contributed by atoms with E-state index >= 15 is 0 Å². The van der Waals surface area contributed by atoms with Crippen molar-refractivity contribution >= 4 is 126 Å². The van der Waals surface area contributed by atoms with Crippen molar-refractivity contribution in [3.8, 4) is 68.3 Å². The molecule has 0 amide bonds. The number of hydrogen-bond acceptors (Lipinski definition) is 8. The minimum absolute atomic E-state index is 0. The Morgan fingerprint density at radius 2 is 0.545 bits per heavy atom. The molecule has 0 aliphatic carbocycles. The monoisotopic (exact) mass is 2520 g/mol. The van der Waals surface area contributed by atoms with E-state index in [9.17, 15) is 0 Å². The van der Waals surface area contributed by atoms with E-state index < -0.39 is 0 Å². The summed E-state index contributed by atoms with van der Waals surface area (Å²) in [6.07, 6.45) is 24.6. The Labute approximate surface area is 850 Å². The van der Waals surface area contributed by atoms with Gasteiger partial charge in [0, 0.05) is 217 Å². The summed E-state index contributed by atoms with van der Waals surface area (Å²) in [5.74, 6) is 8.44. The zero-order chi connectivity index (χ0) is 89.0. The van der Waals surface area contributed by atoms with Crippen LogP contribution in [0.2, 0.25) is 0 Å². The van der Waals surface area contributed by atoms with Crippen molar-refractivity contribution in [2.24, 2.45) is 47.3 Å². The largest absolute Gasteiger partial charge is 0.340 e. The third kappa shape index (κ3) is 21.7. The molecule has 0 saturated carbocycles. The van der Waals surface area contributed by atoms with Gasteiger partial charge in [0.2, 0.25) is 0 Å². The summed E-state index contributed by atoms with van der Waals surface area (Å²) in [6.45, 7) is 37.0. The number of nitrogens with zero attached hydrogens (tertiary/aromatic N) is 8. The zero-order valence-corrected chi connectivity index (χ0v) is 91.1. The SMILES string of the molecule is CC(C)Cc1cc(CC(C)C)c2c(sc3ccccc32)c1-n1ccnc1-c1[c-]cccc1.CC(C)Cc1cc(CC(C)C)c2sc3ccccc3c2c1-n1ccnc1-c1[c-]cccc1.CC(C)Cc1cc2c(sc3ccccc32)c(CC(C)C)c1-n1ccnc1-c1[c-]cccc1.CC(C)Cc1cc2sc3ccccc3c2c(CC(C)C)c1-n1ccnc1-c1[c-]cccc1.[Ir].[Ir].[Ir].[Ir]. The van der Waals surface area contributed by atoms with Crippen LogP contribution in [0.1, 0.15) is 155 Å². The molecule has 0 spiro atoms. The van der Waals surface area contributed by atoms with Crippen LogP contribution >= 0.6 is 45.3 Å². The van der Waals surface area contributed by atoms with Crippen molar-refractivity contribution in [3.05, 3.63) is 337 Å². The van der Waals surface area contributed by atoms with Crippen LogP contribution in [0.25, 0.3) is 149 Å². The van der Waals surface area contributed by atoms with Crippen LogP contribution in [0.4, 0.5) is 0 Å². The van der Waals surface area contributed by atoms with E-state index in [0.29, 0.717) is 47.3 Å². The van der Waals surface area contributed by atoms with Gasteiger partial charge in [-0.25, -0.2) is 0 Å². The maximum Gasteiger partial charge on any atom is 0.0603 e. The van der Waals surface area contributed by atoms with Crippen LogP contribution in [-0.2, 0) is 132 Å². The number of aromatic nitrogens is 8. The average molecular weight is 2520 g/mol. The summed E-state index contributed by atoms with van der Waals surface area (Å²) in [6, 6.07) is 91.2. The summed E-state index contributed by atoms with van der Waals surface area (Å²) in [5.41, 5.74) is 20.8. The topological polar surface area (TPSA) is 71.3 Å². The Morgan fingerprint density at radius 3 is 0.970 bits per heavy atom. The van der Waals surface area contributed by atoms with Gasteiger partial charge in [0.15, 0.2) is 0 Å². The smallest absolute Gasteiger partial charge is 0.0603 e. The number of fused-ring (bicyclic) bond motifs is 12. The predicted molar refractivity (Wildman–Crippen MR) is 551 cm³/mol. The fourth-order valence-electron chi connectivity index (χ4n) is 18.8. The van der Waals surface area contributed by atoms with Crippen LogP contribution in [-0.4, -0.2) is 38.2 Å². The molecule has 4 radical (unpaired) electrons. The molecule has 12 aromatic carbocycles. The van der Waals surface area contributed by atoms with Crippen LogP contribution in [0.15, 0.2) is 268 Å².